The zero-order valence-corrected chi connectivity index (χ0v) is 14.3. The molecule has 0 atom stereocenters. The molecule has 3 aromatic carbocycles. The maximum atomic E-state index is 12.2. The Kier molecular flexibility index (Phi) is 5.65. The van der Waals surface area contributed by atoms with Crippen LogP contribution in [0, 0.1) is 0 Å². The average molecular weight is 349 g/mol. The molecule has 0 aliphatic carbocycles. The second kappa shape index (κ2) is 8.32. The van der Waals surface area contributed by atoms with Crippen molar-refractivity contribution >= 4 is 23.5 Å². The number of ether oxygens (including phenoxy) is 1. The van der Waals surface area contributed by atoms with Gasteiger partial charge in [-0.3, -0.25) is 4.79 Å². The molecule has 3 rings (SSSR count). The summed E-state index contributed by atoms with van der Waals surface area (Å²) in [6.45, 7) is 0.439. The molecule has 0 amide bonds. The highest BCUT2D eigenvalue weighted by atomic mass is 35.5. The predicted molar refractivity (Wildman–Crippen MR) is 102 cm³/mol. The van der Waals surface area contributed by atoms with Gasteiger partial charge in [0.25, 0.3) is 0 Å². The molecule has 3 aromatic rings. The molecule has 0 unspecified atom stereocenters. The minimum Gasteiger partial charge on any atom is -0.488 e. The zero-order valence-electron chi connectivity index (χ0n) is 13.6. The van der Waals surface area contributed by atoms with Crippen molar-refractivity contribution in [2.24, 2.45) is 0 Å². The largest absolute Gasteiger partial charge is 0.488 e. The van der Waals surface area contributed by atoms with E-state index in [2.05, 4.69) is 0 Å². The van der Waals surface area contributed by atoms with Crippen molar-refractivity contribution in [2.45, 2.75) is 6.61 Å². The molecule has 124 valence electrons. The Morgan fingerprint density at radius 1 is 0.880 bits per heavy atom. The first-order chi connectivity index (χ1) is 12.2. The molecule has 2 nitrogen and oxygen atoms in total. The van der Waals surface area contributed by atoms with Gasteiger partial charge in [0.15, 0.2) is 5.78 Å². The summed E-state index contributed by atoms with van der Waals surface area (Å²) >= 11 is 5.89. The van der Waals surface area contributed by atoms with E-state index >= 15 is 0 Å². The van der Waals surface area contributed by atoms with Crippen LogP contribution < -0.4 is 4.74 Å². The minimum absolute atomic E-state index is 0.0342. The molecule has 0 bridgehead atoms. The first kappa shape index (κ1) is 17.0. The number of allylic oxidation sites excluding steroid dienone is 1. The van der Waals surface area contributed by atoms with Gasteiger partial charge in [0.2, 0.25) is 0 Å². The van der Waals surface area contributed by atoms with Crippen LogP contribution in [0.4, 0.5) is 0 Å². The van der Waals surface area contributed by atoms with Crippen molar-refractivity contribution in [1.82, 2.24) is 0 Å². The lowest BCUT2D eigenvalue weighted by Gasteiger charge is -2.09. The average Bonchev–Trinajstić information content (AvgIpc) is 2.67. The third-order valence-electron chi connectivity index (χ3n) is 3.70. The maximum Gasteiger partial charge on any atom is 0.185 e. The first-order valence-corrected chi connectivity index (χ1v) is 8.34. The van der Waals surface area contributed by atoms with E-state index in [4.69, 9.17) is 16.3 Å². The van der Waals surface area contributed by atoms with Crippen molar-refractivity contribution < 1.29 is 9.53 Å². The van der Waals surface area contributed by atoms with Gasteiger partial charge in [-0.1, -0.05) is 72.3 Å². The van der Waals surface area contributed by atoms with Gasteiger partial charge < -0.3 is 4.74 Å². The molecule has 0 saturated heterocycles. The summed E-state index contributed by atoms with van der Waals surface area (Å²) in [5.41, 5.74) is 2.56. The lowest BCUT2D eigenvalue weighted by molar-refractivity contribution is 0.104. The Balaban J connectivity index is 1.71. The molecular formula is C22H17ClO2. The monoisotopic (exact) mass is 348 g/mol. The van der Waals surface area contributed by atoms with Crippen LogP contribution in [-0.2, 0) is 6.61 Å². The summed E-state index contributed by atoms with van der Waals surface area (Å²) in [5, 5.41) is 0.700. The van der Waals surface area contributed by atoms with Gasteiger partial charge in [-0.25, -0.2) is 0 Å². The summed E-state index contributed by atoms with van der Waals surface area (Å²) in [4.78, 5) is 12.2. The number of para-hydroxylation sites is 1. The molecule has 3 heteroatoms. The highest BCUT2D eigenvalue weighted by Crippen LogP contribution is 2.21. The number of carbonyl (C=O) groups is 1. The van der Waals surface area contributed by atoms with E-state index in [0.29, 0.717) is 17.2 Å². The first-order valence-electron chi connectivity index (χ1n) is 7.96. The van der Waals surface area contributed by atoms with Crippen molar-refractivity contribution in [1.29, 1.82) is 0 Å². The van der Waals surface area contributed by atoms with Gasteiger partial charge in [0.05, 0.1) is 0 Å². The van der Waals surface area contributed by atoms with Crippen LogP contribution in [0.25, 0.3) is 6.08 Å². The van der Waals surface area contributed by atoms with Gasteiger partial charge in [-0.2, -0.15) is 0 Å². The normalized spacial score (nSPS) is 10.8. The van der Waals surface area contributed by atoms with Crippen molar-refractivity contribution in [2.75, 3.05) is 0 Å². The molecule has 25 heavy (non-hydrogen) atoms. The van der Waals surface area contributed by atoms with Crippen LogP contribution in [0.3, 0.4) is 0 Å². The number of carbonyl (C=O) groups excluding carboxylic acids is 1. The van der Waals surface area contributed by atoms with E-state index in [1.54, 1.807) is 24.3 Å². The molecule has 0 spiro atoms. The highest BCUT2D eigenvalue weighted by Gasteiger charge is 2.03. The van der Waals surface area contributed by atoms with Crippen LogP contribution in [0.5, 0.6) is 5.75 Å². The third-order valence-corrected chi connectivity index (χ3v) is 3.95. The summed E-state index contributed by atoms with van der Waals surface area (Å²) in [6.07, 6.45) is 3.35. The maximum absolute atomic E-state index is 12.2. The molecule has 0 radical (unpaired) electrons. The van der Waals surface area contributed by atoms with Gasteiger partial charge in [0.1, 0.15) is 12.4 Å². The number of hydrogen-bond donors (Lipinski definition) is 0. The molecule has 0 saturated carbocycles. The fraction of sp³-hybridized carbons (Fsp3) is 0.0455. The third kappa shape index (κ3) is 4.82. The van der Waals surface area contributed by atoms with Crippen LogP contribution in [0.1, 0.15) is 21.5 Å². The van der Waals surface area contributed by atoms with E-state index in [1.165, 1.54) is 0 Å². The Labute approximate surface area is 152 Å². The lowest BCUT2D eigenvalue weighted by Crippen LogP contribution is -1.97. The number of halogens is 1. The molecule has 0 fully saturated rings. The Morgan fingerprint density at radius 2 is 1.56 bits per heavy atom. The number of rotatable bonds is 6. The topological polar surface area (TPSA) is 26.3 Å². The van der Waals surface area contributed by atoms with E-state index < -0.39 is 0 Å². The van der Waals surface area contributed by atoms with Gasteiger partial charge in [-0.05, 0) is 35.9 Å². The molecule has 0 N–H and O–H groups in total. The summed E-state index contributed by atoms with van der Waals surface area (Å²) in [5.74, 6) is 0.697. The van der Waals surface area contributed by atoms with Gasteiger partial charge in [-0.15, -0.1) is 0 Å². The van der Waals surface area contributed by atoms with Crippen molar-refractivity contribution in [3.05, 3.63) is 107 Å². The summed E-state index contributed by atoms with van der Waals surface area (Å²) < 4.78 is 5.90. The fourth-order valence-corrected chi connectivity index (χ4v) is 2.48. The van der Waals surface area contributed by atoms with Crippen molar-refractivity contribution in [3.8, 4) is 5.75 Å². The fourth-order valence-electron chi connectivity index (χ4n) is 2.36. The zero-order chi connectivity index (χ0) is 17.5. The van der Waals surface area contributed by atoms with E-state index in [1.807, 2.05) is 66.7 Å². The van der Waals surface area contributed by atoms with Crippen LogP contribution in [-0.4, -0.2) is 5.78 Å². The van der Waals surface area contributed by atoms with E-state index in [0.717, 1.165) is 16.9 Å². The second-order valence-electron chi connectivity index (χ2n) is 5.52. The smallest absolute Gasteiger partial charge is 0.185 e. The second-order valence-corrected chi connectivity index (χ2v) is 5.95. The van der Waals surface area contributed by atoms with E-state index in [-0.39, 0.29) is 5.78 Å². The summed E-state index contributed by atoms with van der Waals surface area (Å²) in [7, 11) is 0. The Bertz CT molecular complexity index is 868. The van der Waals surface area contributed by atoms with Gasteiger partial charge in [0, 0.05) is 16.1 Å². The van der Waals surface area contributed by atoms with Gasteiger partial charge >= 0.3 is 0 Å². The standard InChI is InChI=1S/C22H17ClO2/c23-20-13-10-17(11-14-20)16-25-22-9-5-4-8-19(22)12-15-21(24)18-6-2-1-3-7-18/h1-15H,16H2. The molecule has 0 aromatic heterocycles. The highest BCUT2D eigenvalue weighted by molar-refractivity contribution is 6.30. The molecule has 0 aliphatic heterocycles. The van der Waals surface area contributed by atoms with E-state index in [9.17, 15) is 4.79 Å². The minimum atomic E-state index is -0.0342. The Hall–Kier alpha value is -2.84. The number of ketones is 1. The van der Waals surface area contributed by atoms with Crippen molar-refractivity contribution in [3.63, 3.8) is 0 Å². The number of benzene rings is 3. The molecule has 0 heterocycles. The summed E-state index contributed by atoms with van der Waals surface area (Å²) in [6, 6.07) is 24.4. The van der Waals surface area contributed by atoms with Crippen LogP contribution >= 0.6 is 11.6 Å². The van der Waals surface area contributed by atoms with Crippen LogP contribution in [0.15, 0.2) is 84.9 Å². The molecule has 0 aliphatic rings. The Morgan fingerprint density at radius 3 is 2.32 bits per heavy atom. The quantitative estimate of drug-likeness (QED) is 0.414. The SMILES string of the molecule is O=C(C=Cc1ccccc1OCc1ccc(Cl)cc1)c1ccccc1. The molecular weight excluding hydrogens is 332 g/mol. The lowest BCUT2D eigenvalue weighted by atomic mass is 10.1. The van der Waals surface area contributed by atoms with Crippen LogP contribution in [0.2, 0.25) is 5.02 Å². The predicted octanol–water partition coefficient (Wildman–Crippen LogP) is 5.82. The number of hydrogen-bond acceptors (Lipinski definition) is 2.